The molecule has 1 N–H and O–H groups in total. The van der Waals surface area contributed by atoms with Crippen LogP contribution >= 0.6 is 0 Å². The van der Waals surface area contributed by atoms with E-state index in [1.54, 1.807) is 18.4 Å². The molecule has 1 spiro atoms. The topological polar surface area (TPSA) is 95.2 Å². The summed E-state index contributed by atoms with van der Waals surface area (Å²) >= 11 is 0. The fraction of sp³-hybridized carbons (Fsp3) is 0.286. The minimum atomic E-state index is -1.01. The van der Waals surface area contributed by atoms with Gasteiger partial charge in [0.2, 0.25) is 0 Å². The summed E-state index contributed by atoms with van der Waals surface area (Å²) in [4.78, 5) is 41.0. The Morgan fingerprint density at radius 3 is 2.61 bits per heavy atom. The smallest absolute Gasteiger partial charge is 0.325 e. The summed E-state index contributed by atoms with van der Waals surface area (Å²) in [7, 11) is 0. The molecule has 1 aliphatic carbocycles. The summed E-state index contributed by atoms with van der Waals surface area (Å²) in [5.74, 6) is -0.186. The lowest BCUT2D eigenvalue weighted by Crippen LogP contribution is -2.51. The van der Waals surface area contributed by atoms with Crippen LogP contribution < -0.4 is 5.32 Å². The van der Waals surface area contributed by atoms with Gasteiger partial charge in [-0.1, -0.05) is 54.1 Å². The van der Waals surface area contributed by atoms with Crippen LogP contribution in [0.3, 0.4) is 0 Å². The van der Waals surface area contributed by atoms with Gasteiger partial charge < -0.3 is 9.73 Å². The van der Waals surface area contributed by atoms with Gasteiger partial charge in [-0.3, -0.25) is 14.5 Å². The highest BCUT2D eigenvalue weighted by Crippen LogP contribution is 2.36. The summed E-state index contributed by atoms with van der Waals surface area (Å²) in [6.45, 7) is 1.63. The summed E-state index contributed by atoms with van der Waals surface area (Å²) < 4.78 is 5.61. The predicted octanol–water partition coefficient (Wildman–Crippen LogP) is 3.75. The molecule has 6 rings (SSSR count). The number of aryl methyl sites for hydroxylation is 2. The number of amides is 4. The van der Waals surface area contributed by atoms with Gasteiger partial charge in [-0.2, -0.15) is 5.10 Å². The number of hydrazone groups is 1. The zero-order valence-electron chi connectivity index (χ0n) is 19.9. The van der Waals surface area contributed by atoms with E-state index in [1.807, 2.05) is 49.4 Å². The Hall–Kier alpha value is -4.20. The van der Waals surface area contributed by atoms with Crippen LogP contribution in [0.5, 0.6) is 0 Å². The third kappa shape index (κ3) is 3.69. The molecule has 36 heavy (non-hydrogen) atoms. The Morgan fingerprint density at radius 1 is 1.08 bits per heavy atom. The molecule has 2 aliphatic heterocycles. The number of hydrogen-bond donors (Lipinski definition) is 1. The Balaban J connectivity index is 1.25. The average Bonchev–Trinajstić information content (AvgIpc) is 3.61. The number of rotatable bonds is 4. The van der Waals surface area contributed by atoms with Crippen molar-refractivity contribution in [1.29, 1.82) is 0 Å². The van der Waals surface area contributed by atoms with Crippen LogP contribution in [0.4, 0.5) is 4.79 Å². The van der Waals surface area contributed by atoms with E-state index in [-0.39, 0.29) is 12.5 Å². The first-order valence-electron chi connectivity index (χ1n) is 12.1. The van der Waals surface area contributed by atoms with Gasteiger partial charge in [0.05, 0.1) is 12.0 Å². The van der Waals surface area contributed by atoms with Crippen molar-refractivity contribution in [2.45, 2.75) is 44.2 Å². The molecule has 0 bridgehead atoms. The van der Waals surface area contributed by atoms with Gasteiger partial charge in [0.25, 0.3) is 11.8 Å². The van der Waals surface area contributed by atoms with E-state index in [0.717, 1.165) is 27.3 Å². The molecule has 3 aliphatic rings. The van der Waals surface area contributed by atoms with Crippen LogP contribution in [0.15, 0.2) is 76.4 Å². The Labute approximate surface area is 208 Å². The molecule has 3 aromatic rings. The van der Waals surface area contributed by atoms with Crippen molar-refractivity contribution in [1.82, 2.24) is 15.2 Å². The number of nitrogens with one attached hydrogen (secondary N) is 1. The predicted molar refractivity (Wildman–Crippen MR) is 132 cm³/mol. The van der Waals surface area contributed by atoms with E-state index < -0.39 is 23.5 Å². The van der Waals surface area contributed by atoms with E-state index in [0.29, 0.717) is 31.4 Å². The second kappa shape index (κ2) is 8.48. The fourth-order valence-electron chi connectivity index (χ4n) is 5.42. The third-order valence-electron chi connectivity index (χ3n) is 7.39. The number of hydrogen-bond acceptors (Lipinski definition) is 5. The molecule has 8 heteroatoms. The first-order valence-corrected chi connectivity index (χ1v) is 12.1. The van der Waals surface area contributed by atoms with Crippen molar-refractivity contribution in [3.8, 4) is 0 Å². The molecule has 3 heterocycles. The molecule has 182 valence electrons. The number of carbonyl (C=O) groups excluding carboxylic acids is 3. The van der Waals surface area contributed by atoms with Crippen molar-refractivity contribution in [3.05, 3.63) is 94.9 Å². The van der Waals surface area contributed by atoms with Gasteiger partial charge in [0.1, 0.15) is 23.9 Å². The summed E-state index contributed by atoms with van der Waals surface area (Å²) in [5, 5.41) is 8.88. The molecular formula is C28H26N4O4. The molecule has 2 atom stereocenters. The Kier molecular flexibility index (Phi) is 5.25. The van der Waals surface area contributed by atoms with Crippen molar-refractivity contribution in [2.24, 2.45) is 5.10 Å². The van der Waals surface area contributed by atoms with Crippen molar-refractivity contribution in [3.63, 3.8) is 0 Å². The number of benzene rings is 2. The molecule has 2 unspecified atom stereocenters. The van der Waals surface area contributed by atoms with Crippen LogP contribution in [-0.2, 0) is 22.4 Å². The maximum atomic E-state index is 13.5. The fourth-order valence-corrected chi connectivity index (χ4v) is 5.42. The molecule has 1 aromatic heterocycles. The zero-order chi connectivity index (χ0) is 24.9. The number of furan rings is 1. The second-order valence-electron chi connectivity index (χ2n) is 9.74. The molecule has 0 radical (unpaired) electrons. The maximum Gasteiger partial charge on any atom is 0.325 e. The largest absolute Gasteiger partial charge is 0.467 e. The molecule has 0 saturated carbocycles. The van der Waals surface area contributed by atoms with Gasteiger partial charge in [-0.25, -0.2) is 9.80 Å². The third-order valence-corrected chi connectivity index (χ3v) is 7.39. The monoisotopic (exact) mass is 482 g/mol. The van der Waals surface area contributed by atoms with Gasteiger partial charge in [0.15, 0.2) is 0 Å². The molecule has 1 saturated heterocycles. The molecule has 8 nitrogen and oxygen atoms in total. The Bertz CT molecular complexity index is 1380. The van der Waals surface area contributed by atoms with Crippen LogP contribution in [-0.4, -0.2) is 45.5 Å². The highest BCUT2D eigenvalue weighted by Gasteiger charge is 2.53. The number of urea groups is 1. The van der Waals surface area contributed by atoms with E-state index in [2.05, 4.69) is 16.5 Å². The zero-order valence-corrected chi connectivity index (χ0v) is 19.9. The lowest BCUT2D eigenvalue weighted by atomic mass is 9.78. The molecule has 4 amide bonds. The average molecular weight is 483 g/mol. The van der Waals surface area contributed by atoms with E-state index in [4.69, 9.17) is 4.42 Å². The maximum absolute atomic E-state index is 13.5. The van der Waals surface area contributed by atoms with E-state index >= 15 is 0 Å². The lowest BCUT2D eigenvalue weighted by molar-refractivity contribution is -0.140. The standard InChI is InChI=1S/C28H26N4O4/c1-18-8-10-20(11-9-18)22-15-23(24-7-4-14-36-24)32(30-22)25(33)17-31-26(34)28(29-27(31)35)13-12-19-5-2-3-6-21(19)16-28/h2-11,14,23H,12-13,15-17H2,1H3,(H,29,35). The first-order chi connectivity index (χ1) is 17.4. The van der Waals surface area contributed by atoms with Crippen LogP contribution in [0.1, 0.15) is 46.9 Å². The van der Waals surface area contributed by atoms with Crippen LogP contribution in [0.25, 0.3) is 0 Å². The van der Waals surface area contributed by atoms with Gasteiger partial charge in [0, 0.05) is 12.8 Å². The number of nitrogens with zero attached hydrogens (tertiary/aromatic N) is 3. The number of imide groups is 1. The van der Waals surface area contributed by atoms with Crippen LogP contribution in [0.2, 0.25) is 0 Å². The molecule has 2 aromatic carbocycles. The van der Waals surface area contributed by atoms with Crippen LogP contribution in [0, 0.1) is 6.92 Å². The van der Waals surface area contributed by atoms with E-state index in [1.165, 1.54) is 10.6 Å². The highest BCUT2D eigenvalue weighted by atomic mass is 16.3. The summed E-state index contributed by atoms with van der Waals surface area (Å²) in [5.41, 5.74) is 4.04. The normalized spacial score (nSPS) is 23.1. The summed E-state index contributed by atoms with van der Waals surface area (Å²) in [6.07, 6.45) is 3.66. The van der Waals surface area contributed by atoms with Gasteiger partial charge in [-0.15, -0.1) is 0 Å². The number of carbonyl (C=O) groups is 3. The van der Waals surface area contributed by atoms with Crippen molar-refractivity contribution in [2.75, 3.05) is 6.54 Å². The van der Waals surface area contributed by atoms with E-state index in [9.17, 15) is 14.4 Å². The van der Waals surface area contributed by atoms with Crippen molar-refractivity contribution < 1.29 is 18.8 Å². The number of fused-ring (bicyclic) bond motifs is 1. The van der Waals surface area contributed by atoms with Crippen molar-refractivity contribution >= 4 is 23.6 Å². The lowest BCUT2D eigenvalue weighted by Gasteiger charge is -2.32. The first kappa shape index (κ1) is 22.3. The molecule has 1 fully saturated rings. The van der Waals surface area contributed by atoms with Gasteiger partial charge in [-0.05, 0) is 48.6 Å². The second-order valence-corrected chi connectivity index (χ2v) is 9.74. The summed E-state index contributed by atoms with van der Waals surface area (Å²) in [6, 6.07) is 18.5. The quantitative estimate of drug-likeness (QED) is 0.573. The highest BCUT2D eigenvalue weighted by molar-refractivity contribution is 6.10. The van der Waals surface area contributed by atoms with Gasteiger partial charge >= 0.3 is 6.03 Å². The minimum absolute atomic E-state index is 0.355. The molecular weight excluding hydrogens is 456 g/mol. The SMILES string of the molecule is Cc1ccc(C2=NN(C(=O)CN3C(=O)NC4(CCc5ccccc5C4)C3=O)C(c3ccco3)C2)cc1. The minimum Gasteiger partial charge on any atom is -0.467 e. The Morgan fingerprint density at radius 2 is 1.86 bits per heavy atom.